The van der Waals surface area contributed by atoms with Crippen molar-refractivity contribution in [1.82, 2.24) is 4.72 Å². The number of nitrogens with one attached hydrogen (secondary N) is 1. The molecule has 4 nitrogen and oxygen atoms in total. The SMILES string of the molecule is Cl.NCCNS(=O)(=O)Cc1ccccc1. The van der Waals surface area contributed by atoms with Gasteiger partial charge in [-0.25, -0.2) is 13.1 Å². The van der Waals surface area contributed by atoms with Gasteiger partial charge in [-0.3, -0.25) is 0 Å². The fraction of sp³-hybridized carbons (Fsp3) is 0.333. The Kier molecular flexibility index (Phi) is 6.51. The third kappa shape index (κ3) is 5.74. The summed E-state index contributed by atoms with van der Waals surface area (Å²) in [5.41, 5.74) is 5.98. The van der Waals surface area contributed by atoms with Crippen LogP contribution in [0.4, 0.5) is 0 Å². The van der Waals surface area contributed by atoms with E-state index in [-0.39, 0.29) is 24.7 Å². The van der Waals surface area contributed by atoms with Crippen LogP contribution in [0.5, 0.6) is 0 Å². The Bertz CT molecular complexity index is 367. The number of hydrogen-bond donors (Lipinski definition) is 2. The lowest BCUT2D eigenvalue weighted by Gasteiger charge is -2.04. The van der Waals surface area contributed by atoms with Crippen LogP contribution in [0.1, 0.15) is 5.56 Å². The zero-order valence-corrected chi connectivity index (χ0v) is 9.85. The second kappa shape index (κ2) is 6.79. The fourth-order valence-electron chi connectivity index (χ4n) is 1.06. The van der Waals surface area contributed by atoms with Crippen LogP contribution >= 0.6 is 12.4 Å². The number of rotatable bonds is 5. The molecule has 0 saturated carbocycles. The van der Waals surface area contributed by atoms with Crippen molar-refractivity contribution in [3.8, 4) is 0 Å². The first-order valence-corrected chi connectivity index (χ1v) is 6.00. The van der Waals surface area contributed by atoms with Crippen LogP contribution < -0.4 is 10.5 Å². The molecule has 0 fully saturated rings. The zero-order chi connectivity index (χ0) is 10.4. The summed E-state index contributed by atoms with van der Waals surface area (Å²) in [6.45, 7) is 0.600. The summed E-state index contributed by atoms with van der Waals surface area (Å²) >= 11 is 0. The van der Waals surface area contributed by atoms with Gasteiger partial charge in [0.15, 0.2) is 0 Å². The van der Waals surface area contributed by atoms with Crippen LogP contribution in [0.25, 0.3) is 0 Å². The standard InChI is InChI=1S/C9H14N2O2S.ClH/c10-6-7-11-14(12,13)8-9-4-2-1-3-5-9;/h1-5,11H,6-8,10H2;1H. The first-order valence-electron chi connectivity index (χ1n) is 4.35. The van der Waals surface area contributed by atoms with E-state index in [1.54, 1.807) is 12.1 Å². The summed E-state index contributed by atoms with van der Waals surface area (Å²) in [7, 11) is -3.23. The first-order chi connectivity index (χ1) is 6.64. The van der Waals surface area contributed by atoms with Crippen molar-refractivity contribution < 1.29 is 8.42 Å². The van der Waals surface area contributed by atoms with Gasteiger partial charge in [0.1, 0.15) is 0 Å². The van der Waals surface area contributed by atoms with E-state index in [1.165, 1.54) is 0 Å². The van der Waals surface area contributed by atoms with Gasteiger partial charge < -0.3 is 5.73 Å². The van der Waals surface area contributed by atoms with Gasteiger partial charge >= 0.3 is 0 Å². The van der Waals surface area contributed by atoms with Crippen LogP contribution in [0.3, 0.4) is 0 Å². The molecule has 6 heteroatoms. The van der Waals surface area contributed by atoms with E-state index in [2.05, 4.69) is 4.72 Å². The van der Waals surface area contributed by atoms with E-state index in [9.17, 15) is 8.42 Å². The van der Waals surface area contributed by atoms with E-state index in [0.717, 1.165) is 5.56 Å². The Morgan fingerprint density at radius 1 is 1.20 bits per heavy atom. The van der Waals surface area contributed by atoms with Crippen molar-refractivity contribution >= 4 is 22.4 Å². The van der Waals surface area contributed by atoms with Crippen molar-refractivity contribution in [3.05, 3.63) is 35.9 Å². The van der Waals surface area contributed by atoms with E-state index in [4.69, 9.17) is 5.73 Å². The van der Waals surface area contributed by atoms with Crippen molar-refractivity contribution in [1.29, 1.82) is 0 Å². The van der Waals surface area contributed by atoms with Gasteiger partial charge in [-0.1, -0.05) is 30.3 Å². The predicted molar refractivity (Wildman–Crippen MR) is 63.4 cm³/mol. The van der Waals surface area contributed by atoms with E-state index < -0.39 is 10.0 Å². The summed E-state index contributed by atoms with van der Waals surface area (Å²) in [4.78, 5) is 0. The minimum Gasteiger partial charge on any atom is -0.329 e. The molecule has 0 spiro atoms. The Morgan fingerprint density at radius 3 is 2.33 bits per heavy atom. The normalized spacial score (nSPS) is 10.7. The van der Waals surface area contributed by atoms with E-state index in [0.29, 0.717) is 6.54 Å². The second-order valence-corrected chi connectivity index (χ2v) is 4.73. The summed E-state index contributed by atoms with van der Waals surface area (Å²) in [5, 5.41) is 0. The maximum absolute atomic E-state index is 11.4. The molecule has 1 rings (SSSR count). The number of benzene rings is 1. The van der Waals surface area contributed by atoms with Crippen molar-refractivity contribution in [2.45, 2.75) is 5.75 Å². The molecule has 0 aromatic heterocycles. The van der Waals surface area contributed by atoms with Gasteiger partial charge in [-0.05, 0) is 5.56 Å². The summed E-state index contributed by atoms with van der Waals surface area (Å²) in [5.74, 6) is 0.00778. The largest absolute Gasteiger partial charge is 0.329 e. The average molecular weight is 251 g/mol. The minimum atomic E-state index is -3.23. The van der Waals surface area contributed by atoms with Gasteiger partial charge in [-0.15, -0.1) is 12.4 Å². The lowest BCUT2D eigenvalue weighted by molar-refractivity contribution is 0.581. The quantitative estimate of drug-likeness (QED) is 0.799. The lowest BCUT2D eigenvalue weighted by Crippen LogP contribution is -2.30. The highest BCUT2D eigenvalue weighted by Crippen LogP contribution is 2.03. The maximum atomic E-state index is 11.4. The monoisotopic (exact) mass is 250 g/mol. The molecule has 0 radical (unpaired) electrons. The highest BCUT2D eigenvalue weighted by Gasteiger charge is 2.09. The van der Waals surface area contributed by atoms with E-state index >= 15 is 0 Å². The van der Waals surface area contributed by atoms with Crippen molar-refractivity contribution in [2.75, 3.05) is 13.1 Å². The molecular weight excluding hydrogens is 236 g/mol. The molecule has 0 bridgehead atoms. The number of halogens is 1. The average Bonchev–Trinajstić information content (AvgIpc) is 2.16. The number of nitrogens with two attached hydrogens (primary N) is 1. The molecule has 0 atom stereocenters. The topological polar surface area (TPSA) is 72.2 Å². The number of hydrogen-bond acceptors (Lipinski definition) is 3. The van der Waals surface area contributed by atoms with Crippen LogP contribution in [0, 0.1) is 0 Å². The minimum absolute atomic E-state index is 0. The van der Waals surface area contributed by atoms with Crippen LogP contribution in [0.2, 0.25) is 0 Å². The molecule has 1 aromatic carbocycles. The van der Waals surface area contributed by atoms with Gasteiger partial charge in [0.05, 0.1) is 5.75 Å². The lowest BCUT2D eigenvalue weighted by atomic mass is 10.2. The van der Waals surface area contributed by atoms with Crippen LogP contribution in [-0.4, -0.2) is 21.5 Å². The van der Waals surface area contributed by atoms with Crippen molar-refractivity contribution in [2.24, 2.45) is 5.73 Å². The van der Waals surface area contributed by atoms with Gasteiger partial charge in [0, 0.05) is 13.1 Å². The molecule has 15 heavy (non-hydrogen) atoms. The molecule has 0 amide bonds. The molecule has 3 N–H and O–H groups in total. The molecule has 0 saturated heterocycles. The predicted octanol–water partition coefficient (Wildman–Crippen LogP) is 0.486. The molecule has 1 aromatic rings. The summed E-state index contributed by atoms with van der Waals surface area (Å²) in [6.07, 6.45) is 0. The van der Waals surface area contributed by atoms with Gasteiger partial charge in [0.2, 0.25) is 10.0 Å². The Balaban J connectivity index is 0.00000196. The molecule has 0 heterocycles. The molecule has 0 aliphatic carbocycles. The highest BCUT2D eigenvalue weighted by atomic mass is 35.5. The molecule has 86 valence electrons. The molecular formula is C9H15ClN2O2S. The third-order valence-electron chi connectivity index (χ3n) is 1.67. The first kappa shape index (κ1) is 14.4. The van der Waals surface area contributed by atoms with Crippen LogP contribution in [0.15, 0.2) is 30.3 Å². The smallest absolute Gasteiger partial charge is 0.215 e. The Morgan fingerprint density at radius 2 is 1.80 bits per heavy atom. The van der Waals surface area contributed by atoms with Crippen LogP contribution in [-0.2, 0) is 15.8 Å². The fourth-order valence-corrected chi connectivity index (χ4v) is 2.22. The molecule has 0 aliphatic rings. The Labute approximate surface area is 96.3 Å². The number of sulfonamides is 1. The summed E-state index contributed by atoms with van der Waals surface area (Å²) in [6, 6.07) is 9.04. The maximum Gasteiger partial charge on any atom is 0.215 e. The van der Waals surface area contributed by atoms with E-state index in [1.807, 2.05) is 18.2 Å². The Hall–Kier alpha value is -0.620. The van der Waals surface area contributed by atoms with Crippen molar-refractivity contribution in [3.63, 3.8) is 0 Å². The third-order valence-corrected chi connectivity index (χ3v) is 3.02. The van der Waals surface area contributed by atoms with Gasteiger partial charge in [0.25, 0.3) is 0 Å². The molecule has 0 unspecified atom stereocenters. The summed E-state index contributed by atoms with van der Waals surface area (Å²) < 4.78 is 25.2. The molecule has 0 aliphatic heterocycles. The van der Waals surface area contributed by atoms with Gasteiger partial charge in [-0.2, -0.15) is 0 Å². The second-order valence-electron chi connectivity index (χ2n) is 2.93. The highest BCUT2D eigenvalue weighted by molar-refractivity contribution is 7.88. The zero-order valence-electron chi connectivity index (χ0n) is 8.22.